The Morgan fingerprint density at radius 3 is 2.40 bits per heavy atom. The molecule has 0 aromatic rings. The Labute approximate surface area is 115 Å². The first-order chi connectivity index (χ1) is 9.31. The van der Waals surface area contributed by atoms with E-state index in [-0.39, 0.29) is 23.1 Å². The number of carboxylic acid groups (broad SMARTS) is 1. The van der Waals surface area contributed by atoms with Gasteiger partial charge in [-0.1, -0.05) is 0 Å². The third-order valence-electron chi connectivity index (χ3n) is 3.05. The fourth-order valence-corrected chi connectivity index (χ4v) is 1.61. The average molecular weight is 283 g/mol. The van der Waals surface area contributed by atoms with E-state index in [0.717, 1.165) is 0 Å². The number of carbonyl (C=O) groups is 4. The number of nitrogens with one attached hydrogen (secondary N) is 3. The van der Waals surface area contributed by atoms with Crippen LogP contribution in [0.1, 0.15) is 26.7 Å². The zero-order valence-electron chi connectivity index (χ0n) is 11.3. The number of aliphatic carboxylic acids is 1. The molecule has 0 spiro atoms. The van der Waals surface area contributed by atoms with E-state index in [4.69, 9.17) is 5.11 Å². The van der Waals surface area contributed by atoms with Crippen molar-refractivity contribution in [3.05, 3.63) is 11.1 Å². The SMILES string of the molecule is CC(C(=O)O)=C(C)C(=O)NC(=O)NC1CCC(=O)NC1. The van der Waals surface area contributed by atoms with E-state index in [9.17, 15) is 19.2 Å². The molecular formula is C12H17N3O5. The lowest BCUT2D eigenvalue weighted by Gasteiger charge is -2.23. The maximum atomic E-state index is 11.6. The molecule has 0 saturated carbocycles. The van der Waals surface area contributed by atoms with Gasteiger partial charge in [0.1, 0.15) is 0 Å². The second-order valence-corrected chi connectivity index (χ2v) is 4.52. The minimum Gasteiger partial charge on any atom is -0.478 e. The van der Waals surface area contributed by atoms with E-state index in [1.54, 1.807) is 0 Å². The Bertz CT molecular complexity index is 473. The Morgan fingerprint density at radius 2 is 1.90 bits per heavy atom. The monoisotopic (exact) mass is 283 g/mol. The van der Waals surface area contributed by atoms with Crippen LogP contribution in [0.4, 0.5) is 4.79 Å². The highest BCUT2D eigenvalue weighted by molar-refractivity contribution is 6.07. The molecule has 8 heteroatoms. The maximum absolute atomic E-state index is 11.6. The highest BCUT2D eigenvalue weighted by atomic mass is 16.4. The fraction of sp³-hybridized carbons (Fsp3) is 0.500. The minimum atomic E-state index is -1.21. The topological polar surface area (TPSA) is 125 Å². The van der Waals surface area contributed by atoms with Crippen molar-refractivity contribution >= 4 is 23.8 Å². The first-order valence-corrected chi connectivity index (χ1v) is 6.10. The van der Waals surface area contributed by atoms with Crippen LogP contribution in [0.15, 0.2) is 11.1 Å². The summed E-state index contributed by atoms with van der Waals surface area (Å²) in [5, 5.41) is 15.9. The van der Waals surface area contributed by atoms with Crippen molar-refractivity contribution in [2.75, 3.05) is 6.54 Å². The van der Waals surface area contributed by atoms with Gasteiger partial charge in [-0.2, -0.15) is 0 Å². The molecule has 0 aromatic carbocycles. The molecule has 1 unspecified atom stereocenters. The Balaban J connectivity index is 2.50. The predicted molar refractivity (Wildman–Crippen MR) is 68.7 cm³/mol. The van der Waals surface area contributed by atoms with Gasteiger partial charge in [-0.3, -0.25) is 14.9 Å². The lowest BCUT2D eigenvalue weighted by atomic mass is 10.1. The molecule has 0 radical (unpaired) electrons. The number of amides is 4. The van der Waals surface area contributed by atoms with Crippen molar-refractivity contribution in [3.8, 4) is 0 Å². The largest absolute Gasteiger partial charge is 0.478 e. The lowest BCUT2D eigenvalue weighted by Crippen LogP contribution is -2.51. The predicted octanol–water partition coefficient (Wildman–Crippen LogP) is -0.488. The van der Waals surface area contributed by atoms with Crippen LogP contribution < -0.4 is 16.0 Å². The molecule has 110 valence electrons. The summed E-state index contributed by atoms with van der Waals surface area (Å²) in [4.78, 5) is 44.8. The number of hydrogen-bond donors (Lipinski definition) is 4. The number of carboxylic acids is 1. The van der Waals surface area contributed by atoms with Gasteiger partial charge in [0.15, 0.2) is 0 Å². The summed E-state index contributed by atoms with van der Waals surface area (Å²) in [6, 6.07) is -0.959. The number of carbonyl (C=O) groups excluding carboxylic acids is 3. The third kappa shape index (κ3) is 4.38. The maximum Gasteiger partial charge on any atom is 0.331 e. The average Bonchev–Trinajstić information content (AvgIpc) is 2.39. The molecule has 20 heavy (non-hydrogen) atoms. The molecule has 1 aliphatic heterocycles. The fourth-order valence-electron chi connectivity index (χ4n) is 1.61. The summed E-state index contributed by atoms with van der Waals surface area (Å²) < 4.78 is 0. The van der Waals surface area contributed by atoms with E-state index in [1.807, 2.05) is 0 Å². The zero-order valence-corrected chi connectivity index (χ0v) is 11.3. The van der Waals surface area contributed by atoms with Crippen LogP contribution in [-0.2, 0) is 14.4 Å². The molecule has 1 rings (SSSR count). The van der Waals surface area contributed by atoms with Gasteiger partial charge < -0.3 is 15.7 Å². The van der Waals surface area contributed by atoms with E-state index >= 15 is 0 Å². The molecule has 1 atom stereocenters. The summed E-state index contributed by atoms with van der Waals surface area (Å²) >= 11 is 0. The summed E-state index contributed by atoms with van der Waals surface area (Å²) in [6.45, 7) is 2.92. The summed E-state index contributed by atoms with van der Waals surface area (Å²) in [7, 11) is 0. The van der Waals surface area contributed by atoms with Crippen LogP contribution in [0.25, 0.3) is 0 Å². The molecule has 0 aliphatic carbocycles. The molecule has 8 nitrogen and oxygen atoms in total. The van der Waals surface area contributed by atoms with Gasteiger partial charge in [-0.15, -0.1) is 0 Å². The molecular weight excluding hydrogens is 266 g/mol. The van der Waals surface area contributed by atoms with Crippen LogP contribution in [0.3, 0.4) is 0 Å². The highest BCUT2D eigenvalue weighted by Gasteiger charge is 2.21. The second-order valence-electron chi connectivity index (χ2n) is 4.52. The van der Waals surface area contributed by atoms with E-state index < -0.39 is 17.9 Å². The van der Waals surface area contributed by atoms with Crippen molar-refractivity contribution in [3.63, 3.8) is 0 Å². The van der Waals surface area contributed by atoms with Crippen LogP contribution in [0, 0.1) is 0 Å². The molecule has 1 aliphatic rings. The van der Waals surface area contributed by atoms with E-state index in [0.29, 0.717) is 19.4 Å². The highest BCUT2D eigenvalue weighted by Crippen LogP contribution is 2.04. The lowest BCUT2D eigenvalue weighted by molar-refractivity contribution is -0.133. The van der Waals surface area contributed by atoms with Gasteiger partial charge in [0, 0.05) is 30.2 Å². The molecule has 4 N–H and O–H groups in total. The van der Waals surface area contributed by atoms with Crippen LogP contribution in [-0.4, -0.2) is 41.5 Å². The van der Waals surface area contributed by atoms with Gasteiger partial charge in [0.2, 0.25) is 5.91 Å². The number of hydrogen-bond acceptors (Lipinski definition) is 4. The standard InChI is InChI=1S/C12H17N3O5/c1-6(7(2)11(18)19)10(17)15-12(20)14-8-3-4-9(16)13-5-8/h8H,3-5H2,1-2H3,(H,13,16)(H,18,19)(H2,14,15,17,20). The smallest absolute Gasteiger partial charge is 0.331 e. The van der Waals surface area contributed by atoms with Gasteiger partial charge in [0.05, 0.1) is 0 Å². The zero-order chi connectivity index (χ0) is 15.3. The summed E-state index contributed by atoms with van der Waals surface area (Å²) in [6.07, 6.45) is 0.812. The first-order valence-electron chi connectivity index (χ1n) is 6.10. The third-order valence-corrected chi connectivity index (χ3v) is 3.05. The molecule has 0 bridgehead atoms. The van der Waals surface area contributed by atoms with Crippen molar-refractivity contribution in [2.24, 2.45) is 0 Å². The van der Waals surface area contributed by atoms with Crippen LogP contribution in [0.2, 0.25) is 0 Å². The Kier molecular flexibility index (Phi) is 5.24. The van der Waals surface area contributed by atoms with E-state index in [2.05, 4.69) is 16.0 Å². The molecule has 0 aromatic heterocycles. The summed E-state index contributed by atoms with van der Waals surface area (Å²) in [5.74, 6) is -2.05. The number of urea groups is 1. The van der Waals surface area contributed by atoms with Crippen LogP contribution in [0.5, 0.6) is 0 Å². The van der Waals surface area contributed by atoms with Crippen molar-refractivity contribution in [1.29, 1.82) is 0 Å². The minimum absolute atomic E-state index is 0.0374. The van der Waals surface area contributed by atoms with Crippen molar-refractivity contribution < 1.29 is 24.3 Å². The number of piperidine rings is 1. The quantitative estimate of drug-likeness (QED) is 0.520. The van der Waals surface area contributed by atoms with Gasteiger partial charge >= 0.3 is 12.0 Å². The Morgan fingerprint density at radius 1 is 1.25 bits per heavy atom. The molecule has 1 heterocycles. The van der Waals surface area contributed by atoms with Crippen molar-refractivity contribution in [2.45, 2.75) is 32.7 Å². The molecule has 4 amide bonds. The number of rotatable bonds is 3. The molecule has 1 fully saturated rings. The van der Waals surface area contributed by atoms with Gasteiger partial charge in [-0.25, -0.2) is 9.59 Å². The molecule has 1 saturated heterocycles. The summed E-state index contributed by atoms with van der Waals surface area (Å²) in [5.41, 5.74) is -0.162. The normalized spacial score (nSPS) is 19.5. The first kappa shape index (κ1) is 15.7. The number of imide groups is 1. The van der Waals surface area contributed by atoms with Gasteiger partial charge in [0.25, 0.3) is 5.91 Å². The van der Waals surface area contributed by atoms with Crippen LogP contribution >= 0.6 is 0 Å². The van der Waals surface area contributed by atoms with E-state index in [1.165, 1.54) is 13.8 Å². The second kappa shape index (κ2) is 6.69. The Hall–Kier alpha value is -2.38. The van der Waals surface area contributed by atoms with Crippen molar-refractivity contribution in [1.82, 2.24) is 16.0 Å². The van der Waals surface area contributed by atoms with Gasteiger partial charge in [-0.05, 0) is 20.3 Å².